The van der Waals surface area contributed by atoms with Crippen LogP contribution in [0.1, 0.15) is 0 Å². The van der Waals surface area contributed by atoms with Gasteiger partial charge in [0.25, 0.3) is 0 Å². The molecule has 0 spiro atoms. The van der Waals surface area contributed by atoms with Crippen LogP contribution in [0.4, 0.5) is 0 Å². The van der Waals surface area contributed by atoms with Crippen molar-refractivity contribution in [1.82, 2.24) is 35.5 Å². The molecule has 4 heterocycles. The topological polar surface area (TPSA) is 103 Å². The Morgan fingerprint density at radius 3 is 2.54 bits per heavy atom. The molecule has 0 N–H and O–H groups in total. The molecular weight excluding hydrogens is 378 g/mol. The van der Waals surface area contributed by atoms with Gasteiger partial charge in [0.2, 0.25) is 0 Å². The summed E-state index contributed by atoms with van der Waals surface area (Å²) in [5, 5.41) is 21.7. The highest BCUT2D eigenvalue weighted by molar-refractivity contribution is 6.29. The Hall–Kier alpha value is -3.78. The Labute approximate surface area is 163 Å². The van der Waals surface area contributed by atoms with Crippen molar-refractivity contribution in [2.75, 3.05) is 0 Å². The second kappa shape index (κ2) is 6.75. The van der Waals surface area contributed by atoms with Crippen LogP contribution in [0.3, 0.4) is 0 Å². The normalized spacial score (nSPS) is 11.0. The summed E-state index contributed by atoms with van der Waals surface area (Å²) in [5.41, 5.74) is 4.57. The lowest BCUT2D eigenvalue weighted by molar-refractivity contribution is 0.459. The molecule has 5 aromatic rings. The molecule has 28 heavy (non-hydrogen) atoms. The van der Waals surface area contributed by atoms with Gasteiger partial charge < -0.3 is 4.52 Å². The quantitative estimate of drug-likeness (QED) is 0.459. The Balaban J connectivity index is 1.88. The average molecular weight is 388 g/mol. The zero-order valence-corrected chi connectivity index (χ0v) is 14.9. The summed E-state index contributed by atoms with van der Waals surface area (Å²) in [5.74, 6) is 0. The highest BCUT2D eigenvalue weighted by Crippen LogP contribution is 2.40. The van der Waals surface area contributed by atoms with E-state index >= 15 is 0 Å². The lowest BCUT2D eigenvalue weighted by Crippen LogP contribution is -1.95. The first kappa shape index (κ1) is 16.4. The lowest BCUT2D eigenvalue weighted by Gasteiger charge is -2.10. The number of aromatic nitrogens is 7. The second-order valence-corrected chi connectivity index (χ2v) is 6.22. The Morgan fingerprint density at radius 2 is 1.79 bits per heavy atom. The first-order valence-corrected chi connectivity index (χ1v) is 8.65. The van der Waals surface area contributed by atoms with Gasteiger partial charge in [-0.2, -0.15) is 10.2 Å². The summed E-state index contributed by atoms with van der Waals surface area (Å²) >= 11 is 5.94. The van der Waals surface area contributed by atoms with Gasteiger partial charge in [-0.15, -0.1) is 10.2 Å². The number of nitrogens with zero attached hydrogens (tertiary/aromatic N) is 7. The third-order valence-corrected chi connectivity index (χ3v) is 4.38. The third-order valence-electron chi connectivity index (χ3n) is 4.18. The smallest absolute Gasteiger partial charge is 0.168 e. The van der Waals surface area contributed by atoms with Crippen molar-refractivity contribution in [3.05, 3.63) is 66.3 Å². The maximum atomic E-state index is 5.94. The van der Waals surface area contributed by atoms with Gasteiger partial charge in [-0.1, -0.05) is 16.8 Å². The van der Waals surface area contributed by atoms with Gasteiger partial charge in [-0.05, 0) is 36.4 Å². The maximum Gasteiger partial charge on any atom is 0.168 e. The minimum Gasteiger partial charge on any atom is -0.356 e. The largest absolute Gasteiger partial charge is 0.356 e. The molecule has 0 atom stereocenters. The summed E-state index contributed by atoms with van der Waals surface area (Å²) in [6.45, 7) is 0. The van der Waals surface area contributed by atoms with Gasteiger partial charge in [-0.3, -0.25) is 9.97 Å². The maximum absolute atomic E-state index is 5.94. The van der Waals surface area contributed by atoms with Crippen LogP contribution in [-0.4, -0.2) is 35.5 Å². The van der Waals surface area contributed by atoms with E-state index in [9.17, 15) is 0 Å². The fourth-order valence-electron chi connectivity index (χ4n) is 3.01. The molecule has 0 fully saturated rings. The molecule has 0 unspecified atom stereocenters. The van der Waals surface area contributed by atoms with Crippen LogP contribution in [-0.2, 0) is 0 Å². The predicted octanol–water partition coefficient (Wildman–Crippen LogP) is 3.85. The SMILES string of the molecule is Clc1ccc(-c2c(-c3cccnn3)ccc3onc(-c4cnccn4)c23)nn1. The standard InChI is InChI=1S/C19H10ClN7O/c20-16-6-4-13(25-26-16)17-11(12-2-1-7-23-24-12)3-5-15-18(17)19(27-28-15)14-10-21-8-9-22-14/h1-10H. The van der Waals surface area contributed by atoms with E-state index in [4.69, 9.17) is 16.1 Å². The first-order valence-electron chi connectivity index (χ1n) is 8.28. The van der Waals surface area contributed by atoms with E-state index in [1.165, 1.54) is 0 Å². The summed E-state index contributed by atoms with van der Waals surface area (Å²) < 4.78 is 5.55. The molecule has 0 saturated carbocycles. The number of fused-ring (bicyclic) bond motifs is 1. The van der Waals surface area contributed by atoms with Crippen molar-refractivity contribution < 1.29 is 4.52 Å². The number of benzene rings is 1. The van der Waals surface area contributed by atoms with Crippen LogP contribution >= 0.6 is 11.6 Å². The Kier molecular flexibility index (Phi) is 3.95. The summed E-state index contributed by atoms with van der Waals surface area (Å²) in [4.78, 5) is 8.48. The van der Waals surface area contributed by atoms with Crippen molar-refractivity contribution in [1.29, 1.82) is 0 Å². The van der Waals surface area contributed by atoms with Gasteiger partial charge in [0, 0.05) is 29.7 Å². The summed E-state index contributed by atoms with van der Waals surface area (Å²) in [6.07, 6.45) is 6.45. The van der Waals surface area contributed by atoms with E-state index in [0.717, 1.165) is 16.5 Å². The van der Waals surface area contributed by atoms with E-state index in [0.29, 0.717) is 33.5 Å². The van der Waals surface area contributed by atoms with Gasteiger partial charge in [0.05, 0.1) is 23.0 Å². The zero-order chi connectivity index (χ0) is 18.9. The highest BCUT2D eigenvalue weighted by atomic mass is 35.5. The van der Waals surface area contributed by atoms with E-state index in [2.05, 4.69) is 35.5 Å². The van der Waals surface area contributed by atoms with Crippen LogP contribution < -0.4 is 0 Å². The Morgan fingerprint density at radius 1 is 0.821 bits per heavy atom. The molecule has 0 aliphatic heterocycles. The minimum atomic E-state index is 0.302. The molecular formula is C19H10ClN7O. The molecule has 0 aliphatic rings. The molecule has 0 bridgehead atoms. The minimum absolute atomic E-state index is 0.302. The number of halogens is 1. The van der Waals surface area contributed by atoms with E-state index in [-0.39, 0.29) is 0 Å². The summed E-state index contributed by atoms with van der Waals surface area (Å²) in [7, 11) is 0. The fourth-order valence-corrected chi connectivity index (χ4v) is 3.11. The predicted molar refractivity (Wildman–Crippen MR) is 102 cm³/mol. The van der Waals surface area contributed by atoms with Crippen LogP contribution in [0.25, 0.3) is 44.9 Å². The molecule has 8 nitrogen and oxygen atoms in total. The van der Waals surface area contributed by atoms with Gasteiger partial charge in [0.1, 0.15) is 11.4 Å². The van der Waals surface area contributed by atoms with Gasteiger partial charge in [-0.25, -0.2) is 0 Å². The molecule has 5 rings (SSSR count). The molecule has 9 heteroatoms. The van der Waals surface area contributed by atoms with Gasteiger partial charge in [0.15, 0.2) is 10.7 Å². The molecule has 0 aliphatic carbocycles. The molecule has 0 amide bonds. The number of rotatable bonds is 3. The van der Waals surface area contributed by atoms with Crippen LogP contribution in [0, 0.1) is 0 Å². The highest BCUT2D eigenvalue weighted by Gasteiger charge is 2.22. The second-order valence-electron chi connectivity index (χ2n) is 5.83. The van der Waals surface area contributed by atoms with Crippen molar-refractivity contribution in [3.8, 4) is 33.9 Å². The Bertz CT molecular complexity index is 1260. The number of hydrogen-bond donors (Lipinski definition) is 0. The molecule has 0 saturated heterocycles. The van der Waals surface area contributed by atoms with Crippen LogP contribution in [0.2, 0.25) is 5.15 Å². The lowest BCUT2D eigenvalue weighted by atomic mass is 9.95. The number of hydrogen-bond acceptors (Lipinski definition) is 8. The summed E-state index contributed by atoms with van der Waals surface area (Å²) in [6, 6.07) is 10.9. The molecule has 1 aromatic carbocycles. The van der Waals surface area contributed by atoms with E-state index in [1.54, 1.807) is 36.9 Å². The third kappa shape index (κ3) is 2.76. The van der Waals surface area contributed by atoms with Gasteiger partial charge >= 0.3 is 0 Å². The van der Waals surface area contributed by atoms with Crippen LogP contribution in [0.5, 0.6) is 0 Å². The van der Waals surface area contributed by atoms with Crippen LogP contribution in [0.15, 0.2) is 65.7 Å². The van der Waals surface area contributed by atoms with Crippen molar-refractivity contribution >= 4 is 22.6 Å². The molecule has 134 valence electrons. The first-order chi connectivity index (χ1) is 13.8. The van der Waals surface area contributed by atoms with Crippen molar-refractivity contribution in [3.63, 3.8) is 0 Å². The average Bonchev–Trinajstić information content (AvgIpc) is 3.19. The fraction of sp³-hybridized carbons (Fsp3) is 0. The molecule has 0 radical (unpaired) electrons. The van der Waals surface area contributed by atoms with Crippen molar-refractivity contribution in [2.24, 2.45) is 0 Å². The molecule has 4 aromatic heterocycles. The van der Waals surface area contributed by atoms with E-state index in [1.807, 2.05) is 24.3 Å². The van der Waals surface area contributed by atoms with E-state index < -0.39 is 0 Å². The monoisotopic (exact) mass is 387 g/mol. The van der Waals surface area contributed by atoms with Crippen molar-refractivity contribution in [2.45, 2.75) is 0 Å². The zero-order valence-electron chi connectivity index (χ0n) is 14.2.